The zero-order chi connectivity index (χ0) is 12.0. The molecule has 0 amide bonds. The van der Waals surface area contributed by atoms with E-state index >= 15 is 0 Å². The van der Waals surface area contributed by atoms with Gasteiger partial charge in [-0.05, 0) is 30.7 Å². The maximum Gasteiger partial charge on any atom is 0.240 e. The van der Waals surface area contributed by atoms with Crippen molar-refractivity contribution in [3.8, 4) is 0 Å². The zero-order valence-electron chi connectivity index (χ0n) is 9.02. The third kappa shape index (κ3) is 3.44. The lowest BCUT2D eigenvalue weighted by atomic mass is 10.2. The SMILES string of the molecule is C=CCNS(=O)(=O)c1ccc(CCN)cc1. The summed E-state index contributed by atoms with van der Waals surface area (Å²) in [5.74, 6) is 0. The number of rotatable bonds is 6. The molecule has 0 aliphatic rings. The van der Waals surface area contributed by atoms with Gasteiger partial charge in [-0.3, -0.25) is 0 Å². The predicted molar refractivity (Wildman–Crippen MR) is 64.6 cm³/mol. The number of nitrogens with one attached hydrogen (secondary N) is 1. The van der Waals surface area contributed by atoms with Crippen LogP contribution < -0.4 is 10.5 Å². The first-order valence-electron chi connectivity index (χ1n) is 4.99. The van der Waals surface area contributed by atoms with Gasteiger partial charge in [-0.2, -0.15) is 0 Å². The molecule has 0 aliphatic carbocycles. The van der Waals surface area contributed by atoms with Crippen LogP contribution in [0, 0.1) is 0 Å². The van der Waals surface area contributed by atoms with E-state index in [1.54, 1.807) is 24.3 Å². The lowest BCUT2D eigenvalue weighted by Gasteiger charge is -2.05. The Morgan fingerprint density at radius 3 is 2.44 bits per heavy atom. The van der Waals surface area contributed by atoms with E-state index in [1.165, 1.54) is 6.08 Å². The molecule has 0 heterocycles. The second kappa shape index (κ2) is 5.79. The van der Waals surface area contributed by atoms with Crippen molar-refractivity contribution in [1.82, 2.24) is 4.72 Å². The number of sulfonamides is 1. The molecule has 1 aromatic carbocycles. The lowest BCUT2D eigenvalue weighted by molar-refractivity contribution is 0.585. The highest BCUT2D eigenvalue weighted by Crippen LogP contribution is 2.10. The van der Waals surface area contributed by atoms with Gasteiger partial charge in [0.2, 0.25) is 10.0 Å². The molecule has 0 spiro atoms. The molecule has 1 aromatic rings. The van der Waals surface area contributed by atoms with E-state index in [4.69, 9.17) is 5.73 Å². The van der Waals surface area contributed by atoms with Crippen LogP contribution in [0.15, 0.2) is 41.8 Å². The topological polar surface area (TPSA) is 72.2 Å². The first kappa shape index (κ1) is 12.9. The molecule has 16 heavy (non-hydrogen) atoms. The summed E-state index contributed by atoms with van der Waals surface area (Å²) in [4.78, 5) is 0.259. The fourth-order valence-corrected chi connectivity index (χ4v) is 2.25. The maximum atomic E-state index is 11.7. The van der Waals surface area contributed by atoms with Crippen molar-refractivity contribution in [2.45, 2.75) is 11.3 Å². The van der Waals surface area contributed by atoms with Crippen molar-refractivity contribution in [1.29, 1.82) is 0 Å². The number of hydrogen-bond acceptors (Lipinski definition) is 3. The van der Waals surface area contributed by atoms with Gasteiger partial charge >= 0.3 is 0 Å². The van der Waals surface area contributed by atoms with Crippen LogP contribution in [0.5, 0.6) is 0 Å². The molecule has 0 radical (unpaired) electrons. The Labute approximate surface area is 96.2 Å². The summed E-state index contributed by atoms with van der Waals surface area (Å²) in [7, 11) is -3.41. The van der Waals surface area contributed by atoms with E-state index in [1.807, 2.05) is 0 Å². The minimum absolute atomic E-state index is 0.229. The van der Waals surface area contributed by atoms with Crippen LogP contribution >= 0.6 is 0 Å². The van der Waals surface area contributed by atoms with Gasteiger partial charge in [0.25, 0.3) is 0 Å². The fourth-order valence-electron chi connectivity index (χ4n) is 1.25. The average molecular weight is 240 g/mol. The molecule has 1 rings (SSSR count). The van der Waals surface area contributed by atoms with Gasteiger partial charge in [0.05, 0.1) is 4.90 Å². The number of nitrogens with two attached hydrogens (primary N) is 1. The Bertz CT molecular complexity index is 438. The first-order chi connectivity index (χ1) is 7.60. The normalized spacial score (nSPS) is 11.3. The van der Waals surface area contributed by atoms with Crippen LogP contribution in [0.25, 0.3) is 0 Å². The minimum Gasteiger partial charge on any atom is -0.330 e. The van der Waals surface area contributed by atoms with Crippen molar-refractivity contribution in [3.63, 3.8) is 0 Å². The summed E-state index contributed by atoms with van der Waals surface area (Å²) in [5, 5.41) is 0. The highest BCUT2D eigenvalue weighted by Gasteiger charge is 2.11. The van der Waals surface area contributed by atoms with Crippen molar-refractivity contribution < 1.29 is 8.42 Å². The van der Waals surface area contributed by atoms with Crippen molar-refractivity contribution in [2.24, 2.45) is 5.73 Å². The molecule has 0 saturated carbocycles. The quantitative estimate of drug-likeness (QED) is 0.717. The second-order valence-corrected chi connectivity index (χ2v) is 5.09. The zero-order valence-corrected chi connectivity index (χ0v) is 9.83. The third-order valence-electron chi connectivity index (χ3n) is 2.08. The Morgan fingerprint density at radius 2 is 1.94 bits per heavy atom. The van der Waals surface area contributed by atoms with Gasteiger partial charge in [-0.1, -0.05) is 18.2 Å². The molecule has 88 valence electrons. The maximum absolute atomic E-state index is 11.7. The molecular weight excluding hydrogens is 224 g/mol. The summed E-state index contributed by atoms with van der Waals surface area (Å²) in [6.07, 6.45) is 2.25. The summed E-state index contributed by atoms with van der Waals surface area (Å²) < 4.78 is 25.8. The molecule has 3 N–H and O–H groups in total. The van der Waals surface area contributed by atoms with Crippen LogP contribution in [-0.4, -0.2) is 21.5 Å². The van der Waals surface area contributed by atoms with E-state index in [2.05, 4.69) is 11.3 Å². The van der Waals surface area contributed by atoms with E-state index < -0.39 is 10.0 Å². The van der Waals surface area contributed by atoms with Crippen LogP contribution in [0.3, 0.4) is 0 Å². The third-order valence-corrected chi connectivity index (χ3v) is 3.52. The Balaban J connectivity index is 2.84. The highest BCUT2D eigenvalue weighted by molar-refractivity contribution is 7.89. The van der Waals surface area contributed by atoms with Gasteiger partial charge in [0.1, 0.15) is 0 Å². The summed E-state index contributed by atoms with van der Waals surface area (Å²) >= 11 is 0. The van der Waals surface area contributed by atoms with Crippen LogP contribution in [0.1, 0.15) is 5.56 Å². The molecule has 5 heteroatoms. The molecule has 0 bridgehead atoms. The van der Waals surface area contributed by atoms with Gasteiger partial charge < -0.3 is 5.73 Å². The number of benzene rings is 1. The molecule has 0 saturated heterocycles. The minimum atomic E-state index is -3.41. The van der Waals surface area contributed by atoms with Crippen molar-refractivity contribution in [2.75, 3.05) is 13.1 Å². The first-order valence-corrected chi connectivity index (χ1v) is 6.48. The van der Waals surface area contributed by atoms with Gasteiger partial charge in [0, 0.05) is 6.54 Å². The second-order valence-electron chi connectivity index (χ2n) is 3.32. The lowest BCUT2D eigenvalue weighted by Crippen LogP contribution is -2.23. The van der Waals surface area contributed by atoms with Gasteiger partial charge in [0.15, 0.2) is 0 Å². The molecule has 0 aliphatic heterocycles. The van der Waals surface area contributed by atoms with Crippen LogP contribution in [0.2, 0.25) is 0 Å². The molecule has 0 atom stereocenters. The summed E-state index contributed by atoms with van der Waals surface area (Å²) in [6, 6.07) is 6.71. The van der Waals surface area contributed by atoms with Gasteiger partial charge in [-0.25, -0.2) is 13.1 Å². The summed E-state index contributed by atoms with van der Waals surface area (Å²) in [6.45, 7) is 4.24. The van der Waals surface area contributed by atoms with E-state index in [0.29, 0.717) is 6.54 Å². The van der Waals surface area contributed by atoms with Crippen molar-refractivity contribution >= 4 is 10.0 Å². The predicted octanol–water partition coefficient (Wildman–Crippen LogP) is 0.652. The smallest absolute Gasteiger partial charge is 0.240 e. The fraction of sp³-hybridized carbons (Fsp3) is 0.273. The molecule has 0 unspecified atom stereocenters. The Hall–Kier alpha value is -1.17. The number of hydrogen-bond donors (Lipinski definition) is 2. The highest BCUT2D eigenvalue weighted by atomic mass is 32.2. The average Bonchev–Trinajstić information content (AvgIpc) is 2.28. The van der Waals surface area contributed by atoms with Crippen LogP contribution in [0.4, 0.5) is 0 Å². The van der Waals surface area contributed by atoms with E-state index in [-0.39, 0.29) is 11.4 Å². The van der Waals surface area contributed by atoms with Crippen molar-refractivity contribution in [3.05, 3.63) is 42.5 Å². The van der Waals surface area contributed by atoms with E-state index in [9.17, 15) is 8.42 Å². The standard InChI is InChI=1S/C11H16N2O2S/c1-2-9-13-16(14,15)11-5-3-10(4-6-11)7-8-12/h2-6,13H,1,7-9,12H2. The molecule has 4 nitrogen and oxygen atoms in total. The molecule has 0 fully saturated rings. The van der Waals surface area contributed by atoms with Gasteiger partial charge in [-0.15, -0.1) is 6.58 Å². The van der Waals surface area contributed by atoms with Crippen LogP contribution in [-0.2, 0) is 16.4 Å². The summed E-state index contributed by atoms with van der Waals surface area (Å²) in [5.41, 5.74) is 6.44. The monoisotopic (exact) mass is 240 g/mol. The van der Waals surface area contributed by atoms with E-state index in [0.717, 1.165) is 12.0 Å². The largest absolute Gasteiger partial charge is 0.330 e. The molecule has 0 aromatic heterocycles. The Morgan fingerprint density at radius 1 is 1.31 bits per heavy atom. The molecular formula is C11H16N2O2S. The Kier molecular flexibility index (Phi) is 4.67.